The van der Waals surface area contributed by atoms with Crippen LogP contribution in [0, 0.1) is 17.8 Å². The Morgan fingerprint density at radius 2 is 1.23 bits per heavy atom. The quantitative estimate of drug-likeness (QED) is 0.290. The molecule has 1 aliphatic carbocycles. The third kappa shape index (κ3) is 6.08. The van der Waals surface area contributed by atoms with Crippen LogP contribution in [0.3, 0.4) is 0 Å². The molecule has 0 saturated heterocycles. The van der Waals surface area contributed by atoms with E-state index >= 15 is 0 Å². The van der Waals surface area contributed by atoms with Crippen LogP contribution in [-0.4, -0.2) is 18.4 Å². The minimum absolute atomic E-state index is 0.0439. The molecule has 5 heteroatoms. The van der Waals surface area contributed by atoms with Crippen molar-refractivity contribution in [1.29, 1.82) is 0 Å². The van der Waals surface area contributed by atoms with Crippen LogP contribution in [-0.2, 0) is 13.7 Å². The van der Waals surface area contributed by atoms with Gasteiger partial charge < -0.3 is 9.09 Å². The summed E-state index contributed by atoms with van der Waals surface area (Å²) in [7, 11) is -6.25. The van der Waals surface area contributed by atoms with Crippen molar-refractivity contribution in [1.82, 2.24) is 0 Å². The Morgan fingerprint density at radius 1 is 0.743 bits per heavy atom. The summed E-state index contributed by atoms with van der Waals surface area (Å²) < 4.78 is 36.1. The molecular formula is C30H38O3P2. The molecule has 4 rings (SSSR count). The van der Waals surface area contributed by atoms with Crippen LogP contribution in [0.4, 0.5) is 0 Å². The number of rotatable bonds is 9. The van der Waals surface area contributed by atoms with Crippen LogP contribution in [0.15, 0.2) is 91.0 Å². The van der Waals surface area contributed by atoms with Gasteiger partial charge in [0.05, 0.1) is 6.10 Å². The summed E-state index contributed by atoms with van der Waals surface area (Å²) in [4.78, 5) is 0. The Balaban J connectivity index is 1.69. The van der Waals surface area contributed by atoms with Gasteiger partial charge in [-0.15, -0.1) is 0 Å². The van der Waals surface area contributed by atoms with E-state index in [9.17, 15) is 9.13 Å². The van der Waals surface area contributed by atoms with E-state index in [1.165, 1.54) is 6.42 Å². The van der Waals surface area contributed by atoms with Crippen LogP contribution in [0.25, 0.3) is 0 Å². The molecule has 0 N–H and O–H groups in total. The molecule has 0 amide bonds. The zero-order chi connectivity index (χ0) is 24.9. The van der Waals surface area contributed by atoms with Crippen LogP contribution >= 0.6 is 14.5 Å². The van der Waals surface area contributed by atoms with E-state index in [1.807, 2.05) is 91.0 Å². The third-order valence-corrected chi connectivity index (χ3v) is 13.5. The standard InChI is InChI=1S/C30H38O3P2/c1-24(2)29-20-19-25(3)23-30(29)33-35(32,28-17-11-6-12-18-28)22-21-34(31,26-13-7-4-8-14-26)27-15-9-5-10-16-27/h4-18,24-25,29-30H,19-23H2,1-3H3/t25-,29+,30-,35?/m1/s1. The predicted molar refractivity (Wildman–Crippen MR) is 149 cm³/mol. The fourth-order valence-corrected chi connectivity index (χ4v) is 11.5. The Hall–Kier alpha value is -1.92. The molecule has 1 unspecified atom stereocenters. The number of hydrogen-bond acceptors (Lipinski definition) is 3. The highest BCUT2D eigenvalue weighted by molar-refractivity contribution is 7.79. The average molecular weight is 509 g/mol. The molecule has 3 aromatic carbocycles. The molecule has 1 fully saturated rings. The molecule has 0 aromatic heterocycles. The molecule has 1 saturated carbocycles. The zero-order valence-electron chi connectivity index (χ0n) is 21.1. The molecule has 0 radical (unpaired) electrons. The largest absolute Gasteiger partial charge is 0.322 e. The van der Waals surface area contributed by atoms with Crippen molar-refractivity contribution in [3.05, 3.63) is 91.0 Å². The van der Waals surface area contributed by atoms with Crippen LogP contribution in [0.2, 0.25) is 0 Å². The van der Waals surface area contributed by atoms with Gasteiger partial charge in [0.25, 0.3) is 0 Å². The van der Waals surface area contributed by atoms with Crippen LogP contribution in [0.1, 0.15) is 40.0 Å². The minimum atomic E-state index is -3.25. The van der Waals surface area contributed by atoms with E-state index in [0.717, 1.165) is 28.8 Å². The normalized spacial score (nSPS) is 22.6. The molecule has 3 aromatic rings. The van der Waals surface area contributed by atoms with E-state index in [1.54, 1.807) is 0 Å². The molecule has 1 aliphatic rings. The van der Waals surface area contributed by atoms with E-state index in [-0.39, 0.29) is 12.3 Å². The van der Waals surface area contributed by atoms with Crippen LogP contribution < -0.4 is 15.9 Å². The van der Waals surface area contributed by atoms with Crippen molar-refractivity contribution < 1.29 is 13.7 Å². The average Bonchev–Trinajstić information content (AvgIpc) is 2.89. The van der Waals surface area contributed by atoms with Gasteiger partial charge in [-0.05, 0) is 42.7 Å². The lowest BCUT2D eigenvalue weighted by Crippen LogP contribution is -2.35. The van der Waals surface area contributed by atoms with Gasteiger partial charge in [0.1, 0.15) is 7.14 Å². The second kappa shape index (κ2) is 11.4. The molecular weight excluding hydrogens is 470 g/mol. The van der Waals surface area contributed by atoms with Crippen molar-refractivity contribution in [2.24, 2.45) is 17.8 Å². The first-order valence-electron chi connectivity index (χ1n) is 12.9. The molecule has 186 valence electrons. The first kappa shape index (κ1) is 26.2. The highest BCUT2D eigenvalue weighted by Crippen LogP contribution is 2.55. The summed E-state index contributed by atoms with van der Waals surface area (Å²) in [5.74, 6) is 1.41. The first-order valence-corrected chi connectivity index (χ1v) is 16.6. The maximum absolute atomic E-state index is 14.7. The van der Waals surface area contributed by atoms with Gasteiger partial charge >= 0.3 is 0 Å². The Kier molecular flexibility index (Phi) is 8.54. The second-order valence-electron chi connectivity index (χ2n) is 10.3. The topological polar surface area (TPSA) is 43.4 Å². The lowest BCUT2D eigenvalue weighted by Gasteiger charge is -2.39. The van der Waals surface area contributed by atoms with E-state index in [4.69, 9.17) is 4.52 Å². The molecule has 0 heterocycles. The number of benzene rings is 3. The van der Waals surface area contributed by atoms with Crippen molar-refractivity contribution >= 4 is 30.4 Å². The first-order chi connectivity index (χ1) is 16.8. The molecule has 35 heavy (non-hydrogen) atoms. The maximum atomic E-state index is 14.7. The SMILES string of the molecule is CC(C)[C@@H]1CC[C@@H](C)C[C@H]1OP(=O)(CCP(=O)(c1ccccc1)c1ccccc1)c1ccccc1. The van der Waals surface area contributed by atoms with Crippen molar-refractivity contribution in [3.63, 3.8) is 0 Å². The Bertz CT molecular complexity index is 1120. The van der Waals surface area contributed by atoms with E-state index < -0.39 is 14.5 Å². The predicted octanol–water partition coefficient (Wildman–Crippen LogP) is 7.08. The highest BCUT2D eigenvalue weighted by Gasteiger charge is 2.39. The van der Waals surface area contributed by atoms with E-state index in [2.05, 4.69) is 20.8 Å². The summed E-state index contributed by atoms with van der Waals surface area (Å²) in [6.07, 6.45) is 3.74. The fraction of sp³-hybridized carbons (Fsp3) is 0.400. The molecule has 0 spiro atoms. The Morgan fingerprint density at radius 3 is 1.71 bits per heavy atom. The maximum Gasteiger partial charge on any atom is 0.232 e. The molecule has 0 aliphatic heterocycles. The zero-order valence-corrected chi connectivity index (χ0v) is 22.9. The lowest BCUT2D eigenvalue weighted by atomic mass is 9.75. The van der Waals surface area contributed by atoms with E-state index in [0.29, 0.717) is 23.9 Å². The monoisotopic (exact) mass is 508 g/mol. The summed E-state index contributed by atoms with van der Waals surface area (Å²) in [6.45, 7) is 6.74. The van der Waals surface area contributed by atoms with Crippen molar-refractivity contribution in [2.75, 3.05) is 12.3 Å². The van der Waals surface area contributed by atoms with Gasteiger partial charge in [0.2, 0.25) is 7.37 Å². The highest BCUT2D eigenvalue weighted by atomic mass is 31.2. The van der Waals surface area contributed by atoms with Crippen LogP contribution in [0.5, 0.6) is 0 Å². The summed E-state index contributed by atoms with van der Waals surface area (Å²) in [5.41, 5.74) is 0. The number of hydrogen-bond donors (Lipinski definition) is 0. The van der Waals surface area contributed by atoms with Gasteiger partial charge in [0, 0.05) is 28.2 Å². The minimum Gasteiger partial charge on any atom is -0.322 e. The summed E-state index contributed by atoms with van der Waals surface area (Å²) in [5, 5.41) is 2.34. The Labute approximate surface area is 211 Å². The third-order valence-electron chi connectivity index (χ3n) is 7.47. The molecule has 0 bridgehead atoms. The summed E-state index contributed by atoms with van der Waals surface area (Å²) >= 11 is 0. The molecule has 3 nitrogen and oxygen atoms in total. The fourth-order valence-electron chi connectivity index (χ4n) is 5.37. The van der Waals surface area contributed by atoms with Crippen molar-refractivity contribution in [2.45, 2.75) is 46.1 Å². The smallest absolute Gasteiger partial charge is 0.232 e. The van der Waals surface area contributed by atoms with Crippen molar-refractivity contribution in [3.8, 4) is 0 Å². The molecule has 4 atom stereocenters. The van der Waals surface area contributed by atoms with Gasteiger partial charge in [0.15, 0.2) is 0 Å². The lowest BCUT2D eigenvalue weighted by molar-refractivity contribution is 0.0500. The van der Waals surface area contributed by atoms with Gasteiger partial charge in [-0.3, -0.25) is 4.57 Å². The van der Waals surface area contributed by atoms with Gasteiger partial charge in [-0.25, -0.2) is 0 Å². The van der Waals surface area contributed by atoms with Gasteiger partial charge in [-0.1, -0.05) is 106 Å². The summed E-state index contributed by atoms with van der Waals surface area (Å²) in [6, 6.07) is 28.9. The second-order valence-corrected chi connectivity index (χ2v) is 15.8. The van der Waals surface area contributed by atoms with Gasteiger partial charge in [-0.2, -0.15) is 0 Å².